The van der Waals surface area contributed by atoms with E-state index in [4.69, 9.17) is 14.2 Å². The number of hydrogen-bond donors (Lipinski definition) is 0. The van der Waals surface area contributed by atoms with Gasteiger partial charge in [0.25, 0.3) is 0 Å². The molecule has 34 heavy (non-hydrogen) atoms. The number of esters is 2. The second kappa shape index (κ2) is 7.78. The molecule has 2 saturated carbocycles. The smallest absolute Gasteiger partial charge is 0.333 e. The Morgan fingerprint density at radius 3 is 2.41 bits per heavy atom. The Kier molecular flexibility index (Phi) is 5.75. The number of ether oxygens (including phenoxy) is 3. The van der Waals surface area contributed by atoms with Gasteiger partial charge in [-0.05, 0) is 76.2 Å². The number of carbonyl (C=O) groups is 3. The lowest BCUT2D eigenvalue weighted by atomic mass is 9.65. The van der Waals surface area contributed by atoms with Crippen molar-refractivity contribution in [3.05, 3.63) is 23.3 Å². The average molecular weight is 473 g/mol. The van der Waals surface area contributed by atoms with E-state index in [0.717, 1.165) is 12.8 Å². The summed E-state index contributed by atoms with van der Waals surface area (Å²) < 4.78 is 18.5. The van der Waals surface area contributed by atoms with Crippen LogP contribution < -0.4 is 0 Å². The zero-order valence-electron chi connectivity index (χ0n) is 22.1. The first-order chi connectivity index (χ1) is 15.7. The van der Waals surface area contributed by atoms with Crippen molar-refractivity contribution in [1.29, 1.82) is 0 Å². The summed E-state index contributed by atoms with van der Waals surface area (Å²) in [6.07, 6.45) is 4.92. The van der Waals surface area contributed by atoms with Gasteiger partial charge < -0.3 is 14.2 Å². The number of rotatable bonds is 3. The van der Waals surface area contributed by atoms with Gasteiger partial charge in [-0.3, -0.25) is 9.59 Å². The molecule has 0 aromatic rings. The van der Waals surface area contributed by atoms with E-state index in [1.54, 1.807) is 19.9 Å². The third-order valence-electron chi connectivity index (χ3n) is 9.57. The van der Waals surface area contributed by atoms with Crippen LogP contribution in [0.15, 0.2) is 23.3 Å². The van der Waals surface area contributed by atoms with Crippen molar-refractivity contribution in [2.75, 3.05) is 0 Å². The molecular weight excluding hydrogens is 432 g/mol. The SMILES string of the molecule is C/C=C(\C)C(=O)O[C@H]1[C@@H](C)C[C@]2(OC(C)=O)C(=O)/C(C)=C/[C@@H]3[C@H](CC[C@]4(C)O[C@H]4[C@@]12C)C3(C)C. The quantitative estimate of drug-likeness (QED) is 0.328. The van der Waals surface area contributed by atoms with Crippen LogP contribution in [0.5, 0.6) is 0 Å². The first-order valence-corrected chi connectivity index (χ1v) is 12.6. The maximum Gasteiger partial charge on any atom is 0.333 e. The Labute approximate surface area is 203 Å². The summed E-state index contributed by atoms with van der Waals surface area (Å²) in [5, 5.41) is 0. The molecule has 0 N–H and O–H groups in total. The molecule has 8 atom stereocenters. The summed E-state index contributed by atoms with van der Waals surface area (Å²) >= 11 is 0. The molecular formula is C28H40O6. The number of allylic oxidation sites excluding steroid dienone is 2. The third-order valence-corrected chi connectivity index (χ3v) is 9.57. The molecule has 3 fully saturated rings. The first kappa shape index (κ1) is 25.2. The topological polar surface area (TPSA) is 82.2 Å². The summed E-state index contributed by atoms with van der Waals surface area (Å²) in [6.45, 7) is 17.1. The molecule has 0 radical (unpaired) electrons. The van der Waals surface area contributed by atoms with Gasteiger partial charge in [-0.2, -0.15) is 0 Å². The minimum absolute atomic E-state index is 0.129. The van der Waals surface area contributed by atoms with Gasteiger partial charge in [0, 0.05) is 18.9 Å². The van der Waals surface area contributed by atoms with E-state index in [2.05, 4.69) is 26.8 Å². The second-order valence-electron chi connectivity index (χ2n) is 12.2. The second-order valence-corrected chi connectivity index (χ2v) is 12.2. The number of fused-ring (bicyclic) bond motifs is 4. The zero-order valence-corrected chi connectivity index (χ0v) is 22.1. The van der Waals surface area contributed by atoms with Crippen molar-refractivity contribution < 1.29 is 28.6 Å². The molecule has 1 aliphatic heterocycles. The minimum Gasteiger partial charge on any atom is -0.458 e. The van der Waals surface area contributed by atoms with Gasteiger partial charge in [-0.15, -0.1) is 0 Å². The summed E-state index contributed by atoms with van der Waals surface area (Å²) in [6, 6.07) is 0. The molecule has 6 heteroatoms. The van der Waals surface area contributed by atoms with Crippen molar-refractivity contribution >= 4 is 17.7 Å². The Bertz CT molecular complexity index is 991. The molecule has 0 spiro atoms. The zero-order chi connectivity index (χ0) is 25.4. The van der Waals surface area contributed by atoms with E-state index in [0.29, 0.717) is 23.0 Å². The average Bonchev–Trinajstić information content (AvgIpc) is 3.55. The van der Waals surface area contributed by atoms with Crippen LogP contribution in [0.3, 0.4) is 0 Å². The van der Waals surface area contributed by atoms with Gasteiger partial charge in [0.05, 0.1) is 11.0 Å². The number of carbonyl (C=O) groups excluding carboxylic acids is 3. The largest absolute Gasteiger partial charge is 0.458 e. The lowest BCUT2D eigenvalue weighted by Crippen LogP contribution is -2.60. The standard InChI is InChI=1S/C28H40O6/c1-10-15(2)23(31)32-22-17(4)14-28(33-18(5)29)21(30)16(3)13-20-19(25(20,6)7)11-12-26(8)24(34-26)27(22,28)9/h10,13,17,19-20,22,24H,11-12,14H2,1-9H3/b15-10+,16-13+/t17-,19-,20+,22-,24+,26-,27+,28-/m0/s1. The minimum atomic E-state index is -1.46. The van der Waals surface area contributed by atoms with E-state index in [9.17, 15) is 14.4 Å². The fourth-order valence-electron chi connectivity index (χ4n) is 7.26. The molecule has 6 nitrogen and oxygen atoms in total. The summed E-state index contributed by atoms with van der Waals surface area (Å²) in [5.41, 5.74) is -1.71. The van der Waals surface area contributed by atoms with E-state index in [-0.39, 0.29) is 29.6 Å². The third kappa shape index (κ3) is 3.42. The molecule has 3 aliphatic carbocycles. The summed E-state index contributed by atoms with van der Waals surface area (Å²) in [7, 11) is 0. The van der Waals surface area contributed by atoms with Crippen LogP contribution in [0.1, 0.15) is 81.6 Å². The van der Waals surface area contributed by atoms with Gasteiger partial charge in [-0.25, -0.2) is 4.79 Å². The van der Waals surface area contributed by atoms with E-state index >= 15 is 0 Å². The molecule has 1 heterocycles. The van der Waals surface area contributed by atoms with E-state index < -0.39 is 34.7 Å². The van der Waals surface area contributed by atoms with E-state index in [1.807, 2.05) is 20.8 Å². The Balaban J connectivity index is 1.87. The highest BCUT2D eigenvalue weighted by Crippen LogP contribution is 2.68. The molecule has 0 aromatic heterocycles. The van der Waals surface area contributed by atoms with Crippen LogP contribution in [0.4, 0.5) is 0 Å². The van der Waals surface area contributed by atoms with Crippen LogP contribution in [0.25, 0.3) is 0 Å². The first-order valence-electron chi connectivity index (χ1n) is 12.6. The maximum atomic E-state index is 14.3. The molecule has 0 bridgehead atoms. The number of hydrogen-bond acceptors (Lipinski definition) is 6. The van der Waals surface area contributed by atoms with Crippen molar-refractivity contribution in [1.82, 2.24) is 0 Å². The molecule has 188 valence electrons. The van der Waals surface area contributed by atoms with Crippen LogP contribution in [-0.4, -0.2) is 41.1 Å². The fourth-order valence-corrected chi connectivity index (χ4v) is 7.26. The molecule has 4 rings (SSSR count). The van der Waals surface area contributed by atoms with Gasteiger partial charge in [0.2, 0.25) is 5.78 Å². The molecule has 0 unspecified atom stereocenters. The van der Waals surface area contributed by atoms with Crippen LogP contribution >= 0.6 is 0 Å². The molecule has 0 amide bonds. The monoisotopic (exact) mass is 472 g/mol. The highest BCUT2D eigenvalue weighted by Gasteiger charge is 2.78. The number of ketones is 1. The predicted molar refractivity (Wildman–Crippen MR) is 128 cm³/mol. The lowest BCUT2D eigenvalue weighted by molar-refractivity contribution is -0.187. The van der Waals surface area contributed by atoms with Crippen molar-refractivity contribution in [3.8, 4) is 0 Å². The van der Waals surface area contributed by atoms with Crippen LogP contribution in [0.2, 0.25) is 0 Å². The Morgan fingerprint density at radius 1 is 1.18 bits per heavy atom. The highest BCUT2D eigenvalue weighted by molar-refractivity contribution is 6.04. The normalized spacial score (nSPS) is 46.6. The molecule has 0 aromatic carbocycles. The van der Waals surface area contributed by atoms with Crippen molar-refractivity contribution in [2.24, 2.45) is 28.6 Å². The fraction of sp³-hybridized carbons (Fsp3) is 0.750. The molecule has 1 saturated heterocycles. The molecule has 4 aliphatic rings. The highest BCUT2D eigenvalue weighted by atomic mass is 16.6. The van der Waals surface area contributed by atoms with Crippen molar-refractivity contribution in [3.63, 3.8) is 0 Å². The van der Waals surface area contributed by atoms with Gasteiger partial charge in [0.15, 0.2) is 5.60 Å². The van der Waals surface area contributed by atoms with Crippen LogP contribution in [-0.2, 0) is 28.6 Å². The van der Waals surface area contributed by atoms with Gasteiger partial charge >= 0.3 is 11.9 Å². The van der Waals surface area contributed by atoms with Crippen LogP contribution in [0, 0.1) is 28.6 Å². The summed E-state index contributed by atoms with van der Waals surface area (Å²) in [5.74, 6) is -0.537. The van der Waals surface area contributed by atoms with E-state index in [1.165, 1.54) is 6.92 Å². The predicted octanol–water partition coefficient (Wildman–Crippen LogP) is 4.95. The maximum absolute atomic E-state index is 14.3. The van der Waals surface area contributed by atoms with Crippen molar-refractivity contribution in [2.45, 2.75) is 105 Å². The Hall–Kier alpha value is -1.95. The number of Topliss-reactive ketones (excluding diaryl/α,β-unsaturated/α-hetero) is 1. The number of epoxide rings is 1. The van der Waals surface area contributed by atoms with Gasteiger partial charge in [0.1, 0.15) is 12.2 Å². The summed E-state index contributed by atoms with van der Waals surface area (Å²) in [4.78, 5) is 39.6. The lowest BCUT2D eigenvalue weighted by Gasteiger charge is -2.43. The van der Waals surface area contributed by atoms with Gasteiger partial charge in [-0.1, -0.05) is 32.9 Å². The Morgan fingerprint density at radius 2 is 1.82 bits per heavy atom.